The standard InChI is InChI=1S/C19H21FN2O4S2/c1-13-19-11-15(20)6-5-14(19)9-10-22(13)28(25,26)18-4-2-3-17(12-18)27(23,24)21-16-7-8-16/h2-6,11-13,16,21H,7-10H2,1H3. The fourth-order valence-corrected chi connectivity index (χ4v) is 6.60. The van der Waals surface area contributed by atoms with Crippen molar-refractivity contribution in [3.05, 3.63) is 59.4 Å². The molecule has 1 saturated carbocycles. The molecule has 1 aliphatic heterocycles. The van der Waals surface area contributed by atoms with Crippen molar-refractivity contribution in [3.8, 4) is 0 Å². The molecule has 1 heterocycles. The number of nitrogens with zero attached hydrogens (tertiary/aromatic N) is 1. The number of sulfonamides is 2. The third-order valence-corrected chi connectivity index (χ3v) is 8.70. The molecule has 2 aromatic carbocycles. The van der Waals surface area contributed by atoms with Gasteiger partial charge in [-0.05, 0) is 67.6 Å². The number of hydrogen-bond donors (Lipinski definition) is 1. The molecule has 2 aromatic rings. The average molecular weight is 425 g/mol. The zero-order valence-corrected chi connectivity index (χ0v) is 16.9. The zero-order chi connectivity index (χ0) is 20.1. The molecule has 4 rings (SSSR count). The zero-order valence-electron chi connectivity index (χ0n) is 15.3. The van der Waals surface area contributed by atoms with E-state index in [1.807, 2.05) is 0 Å². The summed E-state index contributed by atoms with van der Waals surface area (Å²) in [5.74, 6) is -0.413. The highest BCUT2D eigenvalue weighted by molar-refractivity contribution is 7.90. The summed E-state index contributed by atoms with van der Waals surface area (Å²) in [5.41, 5.74) is 1.55. The van der Waals surface area contributed by atoms with Crippen molar-refractivity contribution in [2.45, 2.75) is 48.1 Å². The molecule has 1 N–H and O–H groups in total. The molecule has 0 amide bonds. The van der Waals surface area contributed by atoms with Gasteiger partial charge in [-0.2, -0.15) is 4.31 Å². The van der Waals surface area contributed by atoms with Crippen LogP contribution in [-0.2, 0) is 26.5 Å². The lowest BCUT2D eigenvalue weighted by Gasteiger charge is -2.34. The summed E-state index contributed by atoms with van der Waals surface area (Å²) in [5, 5.41) is 0. The van der Waals surface area contributed by atoms with Gasteiger partial charge in [-0.1, -0.05) is 12.1 Å². The van der Waals surface area contributed by atoms with E-state index in [1.54, 1.807) is 13.0 Å². The second-order valence-corrected chi connectivity index (χ2v) is 10.9. The van der Waals surface area contributed by atoms with Crippen LogP contribution >= 0.6 is 0 Å². The highest BCUT2D eigenvalue weighted by Gasteiger charge is 2.35. The van der Waals surface area contributed by atoms with E-state index in [0.717, 1.165) is 18.4 Å². The predicted octanol–water partition coefficient (Wildman–Crippen LogP) is 2.57. The molecule has 1 aliphatic carbocycles. The Kier molecular flexibility index (Phi) is 4.81. The Hall–Kier alpha value is -1.81. The second kappa shape index (κ2) is 6.91. The number of rotatable bonds is 5. The third-order valence-electron chi connectivity index (χ3n) is 5.21. The van der Waals surface area contributed by atoms with Crippen LogP contribution in [0.4, 0.5) is 4.39 Å². The number of fused-ring (bicyclic) bond motifs is 1. The van der Waals surface area contributed by atoms with Gasteiger partial charge in [0.05, 0.1) is 9.79 Å². The van der Waals surface area contributed by atoms with E-state index in [1.165, 1.54) is 40.7 Å². The lowest BCUT2D eigenvalue weighted by Crippen LogP contribution is -2.39. The lowest BCUT2D eigenvalue weighted by atomic mass is 9.95. The van der Waals surface area contributed by atoms with Gasteiger partial charge in [0.2, 0.25) is 20.0 Å². The van der Waals surface area contributed by atoms with Crippen LogP contribution in [0, 0.1) is 5.82 Å². The summed E-state index contributed by atoms with van der Waals surface area (Å²) in [7, 11) is -7.70. The molecule has 1 atom stereocenters. The Morgan fingerprint density at radius 1 is 1.04 bits per heavy atom. The molecular weight excluding hydrogens is 403 g/mol. The highest BCUT2D eigenvalue weighted by atomic mass is 32.2. The van der Waals surface area contributed by atoms with Gasteiger partial charge in [-0.25, -0.2) is 25.9 Å². The van der Waals surface area contributed by atoms with Gasteiger partial charge in [0.25, 0.3) is 0 Å². The van der Waals surface area contributed by atoms with Gasteiger partial charge in [0.1, 0.15) is 5.82 Å². The monoisotopic (exact) mass is 424 g/mol. The van der Waals surface area contributed by atoms with E-state index in [9.17, 15) is 21.2 Å². The molecule has 1 fully saturated rings. The topological polar surface area (TPSA) is 83.6 Å². The van der Waals surface area contributed by atoms with Crippen LogP contribution in [0.3, 0.4) is 0 Å². The molecule has 6 nitrogen and oxygen atoms in total. The van der Waals surface area contributed by atoms with Crippen molar-refractivity contribution >= 4 is 20.0 Å². The van der Waals surface area contributed by atoms with Crippen LogP contribution < -0.4 is 4.72 Å². The summed E-state index contributed by atoms with van der Waals surface area (Å²) in [6.07, 6.45) is 2.05. The number of halogens is 1. The molecule has 0 aromatic heterocycles. The molecule has 150 valence electrons. The fraction of sp³-hybridized carbons (Fsp3) is 0.368. The molecule has 0 radical (unpaired) electrons. The van der Waals surface area contributed by atoms with E-state index >= 15 is 0 Å². The first kappa shape index (κ1) is 19.5. The molecule has 9 heteroatoms. The Morgan fingerprint density at radius 2 is 1.75 bits per heavy atom. The first-order chi connectivity index (χ1) is 13.2. The third kappa shape index (κ3) is 3.59. The van der Waals surface area contributed by atoms with Crippen LogP contribution in [0.25, 0.3) is 0 Å². The first-order valence-corrected chi connectivity index (χ1v) is 12.0. The van der Waals surface area contributed by atoms with Gasteiger partial charge in [0.15, 0.2) is 0 Å². The summed E-state index contributed by atoms with van der Waals surface area (Å²) in [6, 6.07) is 9.19. The maximum Gasteiger partial charge on any atom is 0.243 e. The number of benzene rings is 2. The lowest BCUT2D eigenvalue weighted by molar-refractivity contribution is 0.325. The molecule has 28 heavy (non-hydrogen) atoms. The summed E-state index contributed by atoms with van der Waals surface area (Å²) < 4.78 is 68.9. The van der Waals surface area contributed by atoms with Gasteiger partial charge in [0, 0.05) is 18.6 Å². The SMILES string of the molecule is CC1c2cc(F)ccc2CCN1S(=O)(=O)c1cccc(S(=O)(=O)NC2CC2)c1. The minimum absolute atomic E-state index is 0.0706. The van der Waals surface area contributed by atoms with Crippen LogP contribution in [0.1, 0.15) is 36.9 Å². The molecule has 0 spiro atoms. The minimum atomic E-state index is -3.94. The van der Waals surface area contributed by atoms with Gasteiger partial charge >= 0.3 is 0 Å². The Morgan fingerprint density at radius 3 is 2.46 bits per heavy atom. The number of nitrogens with one attached hydrogen (secondary N) is 1. The summed E-state index contributed by atoms with van der Waals surface area (Å²) in [6.45, 7) is 1.96. The van der Waals surface area contributed by atoms with Crippen LogP contribution in [-0.4, -0.2) is 33.7 Å². The smallest absolute Gasteiger partial charge is 0.208 e. The Labute approximate surface area is 164 Å². The predicted molar refractivity (Wildman–Crippen MR) is 102 cm³/mol. The van der Waals surface area contributed by atoms with Gasteiger partial charge in [-0.3, -0.25) is 0 Å². The maximum atomic E-state index is 13.7. The van der Waals surface area contributed by atoms with Crippen LogP contribution in [0.2, 0.25) is 0 Å². The van der Waals surface area contributed by atoms with Crippen molar-refractivity contribution in [1.29, 1.82) is 0 Å². The van der Waals surface area contributed by atoms with Gasteiger partial charge in [-0.15, -0.1) is 0 Å². The Bertz CT molecular complexity index is 1130. The quantitative estimate of drug-likeness (QED) is 0.800. The molecule has 2 aliphatic rings. The maximum absolute atomic E-state index is 13.7. The molecular formula is C19H21FN2O4S2. The molecule has 1 unspecified atom stereocenters. The average Bonchev–Trinajstić information content (AvgIpc) is 3.46. The molecule has 0 saturated heterocycles. The van der Waals surface area contributed by atoms with Crippen molar-refractivity contribution in [3.63, 3.8) is 0 Å². The van der Waals surface area contributed by atoms with Crippen molar-refractivity contribution in [2.24, 2.45) is 0 Å². The number of hydrogen-bond acceptors (Lipinski definition) is 4. The fourth-order valence-electron chi connectivity index (χ4n) is 3.52. The second-order valence-electron chi connectivity index (χ2n) is 7.26. The Balaban J connectivity index is 1.68. The van der Waals surface area contributed by atoms with Crippen LogP contribution in [0.15, 0.2) is 52.3 Å². The normalized spacial score (nSPS) is 20.7. The largest absolute Gasteiger partial charge is 0.243 e. The minimum Gasteiger partial charge on any atom is -0.208 e. The van der Waals surface area contributed by atoms with E-state index in [0.29, 0.717) is 12.0 Å². The summed E-state index contributed by atoms with van der Waals surface area (Å²) in [4.78, 5) is -0.158. The van der Waals surface area contributed by atoms with Gasteiger partial charge < -0.3 is 0 Å². The first-order valence-electron chi connectivity index (χ1n) is 9.11. The van der Waals surface area contributed by atoms with E-state index < -0.39 is 31.9 Å². The van der Waals surface area contributed by atoms with Crippen molar-refractivity contribution in [2.75, 3.05) is 6.54 Å². The molecule has 0 bridgehead atoms. The van der Waals surface area contributed by atoms with Crippen molar-refractivity contribution in [1.82, 2.24) is 9.03 Å². The van der Waals surface area contributed by atoms with E-state index in [-0.39, 0.29) is 22.4 Å². The van der Waals surface area contributed by atoms with E-state index in [4.69, 9.17) is 0 Å². The van der Waals surface area contributed by atoms with Crippen molar-refractivity contribution < 1.29 is 21.2 Å². The van der Waals surface area contributed by atoms with E-state index in [2.05, 4.69) is 4.72 Å². The summed E-state index contributed by atoms with van der Waals surface area (Å²) >= 11 is 0. The highest BCUT2D eigenvalue weighted by Crippen LogP contribution is 2.34. The van der Waals surface area contributed by atoms with Crippen LogP contribution in [0.5, 0.6) is 0 Å².